The first-order chi connectivity index (χ1) is 16.2. The van der Waals surface area contributed by atoms with Crippen LogP contribution in [0.2, 0.25) is 0 Å². The van der Waals surface area contributed by atoms with Crippen molar-refractivity contribution in [3.8, 4) is 0 Å². The molecule has 3 aromatic rings. The van der Waals surface area contributed by atoms with Crippen LogP contribution in [-0.2, 0) is 19.4 Å². The Kier molecular flexibility index (Phi) is 8.32. The fourth-order valence-corrected chi connectivity index (χ4v) is 4.67. The number of hydrogen-bond acceptors (Lipinski definition) is 2. The van der Waals surface area contributed by atoms with Crippen LogP contribution in [0.4, 0.5) is 0 Å². The zero-order chi connectivity index (χ0) is 22.9. The summed E-state index contributed by atoms with van der Waals surface area (Å²) in [7, 11) is 0. The van der Waals surface area contributed by atoms with Gasteiger partial charge in [-0.05, 0) is 86.9 Å². The summed E-state index contributed by atoms with van der Waals surface area (Å²) in [6, 6.07) is 27.6. The van der Waals surface area contributed by atoms with Gasteiger partial charge in [0.15, 0.2) is 0 Å². The standard InChI is InChI=1S/C30H36N2O/c1-24-9-11-25(12-10-24)8-5-19-31-30(33)29-15-13-28(14-16-29)23-32-20-17-27(18-21-32)22-26-6-3-2-4-7-26/h2-4,6-7,9-16,27H,5,8,17-23H2,1H3,(H,31,33). The summed E-state index contributed by atoms with van der Waals surface area (Å²) in [6.45, 7) is 6.08. The third kappa shape index (κ3) is 7.30. The van der Waals surface area contributed by atoms with Gasteiger partial charge in [-0.25, -0.2) is 0 Å². The van der Waals surface area contributed by atoms with E-state index in [0.29, 0.717) is 6.54 Å². The second-order valence-electron chi connectivity index (χ2n) is 9.45. The van der Waals surface area contributed by atoms with Crippen LogP contribution in [0.1, 0.15) is 51.9 Å². The van der Waals surface area contributed by atoms with E-state index in [-0.39, 0.29) is 5.91 Å². The highest BCUT2D eigenvalue weighted by Gasteiger charge is 2.19. The minimum absolute atomic E-state index is 0.0205. The molecule has 0 radical (unpaired) electrons. The molecule has 0 aliphatic carbocycles. The van der Waals surface area contributed by atoms with E-state index in [1.165, 1.54) is 41.5 Å². The third-order valence-corrected chi connectivity index (χ3v) is 6.75. The van der Waals surface area contributed by atoms with Gasteiger partial charge in [-0.3, -0.25) is 9.69 Å². The molecule has 1 fully saturated rings. The molecular formula is C30H36N2O. The van der Waals surface area contributed by atoms with Crippen LogP contribution in [-0.4, -0.2) is 30.4 Å². The number of piperidine rings is 1. The van der Waals surface area contributed by atoms with Gasteiger partial charge in [0.05, 0.1) is 0 Å². The lowest BCUT2D eigenvalue weighted by Gasteiger charge is -2.32. The van der Waals surface area contributed by atoms with Gasteiger partial charge < -0.3 is 5.32 Å². The lowest BCUT2D eigenvalue weighted by Crippen LogP contribution is -2.33. The number of carbonyl (C=O) groups excluding carboxylic acids is 1. The van der Waals surface area contributed by atoms with Crippen molar-refractivity contribution in [2.45, 2.75) is 45.6 Å². The minimum Gasteiger partial charge on any atom is -0.352 e. The second kappa shape index (κ2) is 11.8. The molecule has 0 bridgehead atoms. The summed E-state index contributed by atoms with van der Waals surface area (Å²) in [5.41, 5.74) is 6.09. The van der Waals surface area contributed by atoms with E-state index < -0.39 is 0 Å². The monoisotopic (exact) mass is 440 g/mol. The smallest absolute Gasteiger partial charge is 0.251 e. The average Bonchev–Trinajstić information content (AvgIpc) is 2.85. The van der Waals surface area contributed by atoms with Crippen LogP contribution in [0.15, 0.2) is 78.9 Å². The van der Waals surface area contributed by atoms with Crippen LogP contribution in [0, 0.1) is 12.8 Å². The van der Waals surface area contributed by atoms with Gasteiger partial charge in [0.2, 0.25) is 0 Å². The molecule has 0 spiro atoms. The summed E-state index contributed by atoms with van der Waals surface area (Å²) in [5, 5.41) is 3.06. The van der Waals surface area contributed by atoms with Gasteiger partial charge in [0, 0.05) is 18.7 Å². The summed E-state index contributed by atoms with van der Waals surface area (Å²) >= 11 is 0. The molecule has 172 valence electrons. The third-order valence-electron chi connectivity index (χ3n) is 6.75. The predicted octanol–water partition coefficient (Wildman–Crippen LogP) is 5.81. The van der Waals surface area contributed by atoms with E-state index in [0.717, 1.165) is 44.0 Å². The van der Waals surface area contributed by atoms with Crippen molar-refractivity contribution in [1.29, 1.82) is 0 Å². The van der Waals surface area contributed by atoms with Gasteiger partial charge in [0.25, 0.3) is 5.91 Å². The number of benzene rings is 3. The molecule has 4 rings (SSSR count). The van der Waals surface area contributed by atoms with Crippen LogP contribution in [0.3, 0.4) is 0 Å². The molecule has 3 heteroatoms. The topological polar surface area (TPSA) is 32.3 Å². The summed E-state index contributed by atoms with van der Waals surface area (Å²) in [5.74, 6) is 0.813. The number of carbonyl (C=O) groups is 1. The molecule has 33 heavy (non-hydrogen) atoms. The van der Waals surface area contributed by atoms with Gasteiger partial charge in [-0.2, -0.15) is 0 Å². The first-order valence-electron chi connectivity index (χ1n) is 12.3. The highest BCUT2D eigenvalue weighted by atomic mass is 16.1. The van der Waals surface area contributed by atoms with E-state index in [2.05, 4.69) is 83.9 Å². The van der Waals surface area contributed by atoms with Crippen LogP contribution >= 0.6 is 0 Å². The number of hydrogen-bond donors (Lipinski definition) is 1. The number of rotatable bonds is 9. The molecule has 1 heterocycles. The Balaban J connectivity index is 1.16. The quantitative estimate of drug-likeness (QED) is 0.426. The van der Waals surface area contributed by atoms with Gasteiger partial charge >= 0.3 is 0 Å². The first-order valence-corrected chi connectivity index (χ1v) is 12.3. The number of amides is 1. The summed E-state index contributed by atoms with van der Waals surface area (Å²) in [4.78, 5) is 15.0. The number of nitrogens with zero attached hydrogens (tertiary/aromatic N) is 1. The molecule has 1 aliphatic rings. The van der Waals surface area contributed by atoms with Crippen molar-refractivity contribution >= 4 is 5.91 Å². The van der Waals surface area contributed by atoms with Crippen molar-refractivity contribution in [2.24, 2.45) is 5.92 Å². The number of nitrogens with one attached hydrogen (secondary N) is 1. The van der Waals surface area contributed by atoms with Crippen molar-refractivity contribution in [3.63, 3.8) is 0 Å². The molecule has 1 amide bonds. The molecule has 1 saturated heterocycles. The molecule has 1 N–H and O–H groups in total. The van der Waals surface area contributed by atoms with Crippen LogP contribution < -0.4 is 5.32 Å². The Labute approximate surface area is 198 Å². The van der Waals surface area contributed by atoms with Crippen molar-refractivity contribution in [1.82, 2.24) is 10.2 Å². The molecule has 0 aromatic heterocycles. The van der Waals surface area contributed by atoms with Crippen LogP contribution in [0.5, 0.6) is 0 Å². The van der Waals surface area contributed by atoms with Crippen molar-refractivity contribution in [3.05, 3.63) is 107 Å². The molecule has 1 aliphatic heterocycles. The Hall–Kier alpha value is -2.91. The van der Waals surface area contributed by atoms with Crippen molar-refractivity contribution in [2.75, 3.05) is 19.6 Å². The fraction of sp³-hybridized carbons (Fsp3) is 0.367. The summed E-state index contributed by atoms with van der Waals surface area (Å²) < 4.78 is 0. The first kappa shape index (κ1) is 23.3. The summed E-state index contributed by atoms with van der Waals surface area (Å²) in [6.07, 6.45) is 5.66. The highest BCUT2D eigenvalue weighted by Crippen LogP contribution is 2.23. The molecule has 0 saturated carbocycles. The van der Waals surface area contributed by atoms with E-state index in [9.17, 15) is 4.79 Å². The largest absolute Gasteiger partial charge is 0.352 e. The van der Waals surface area contributed by atoms with Crippen molar-refractivity contribution < 1.29 is 4.79 Å². The Bertz CT molecular complexity index is 988. The predicted molar refractivity (Wildman–Crippen MR) is 136 cm³/mol. The number of likely N-dealkylation sites (tertiary alicyclic amines) is 1. The van der Waals surface area contributed by atoms with Gasteiger partial charge in [-0.15, -0.1) is 0 Å². The highest BCUT2D eigenvalue weighted by molar-refractivity contribution is 5.94. The maximum Gasteiger partial charge on any atom is 0.251 e. The molecule has 3 aromatic carbocycles. The fourth-order valence-electron chi connectivity index (χ4n) is 4.67. The van der Waals surface area contributed by atoms with E-state index in [1.54, 1.807) is 0 Å². The van der Waals surface area contributed by atoms with Gasteiger partial charge in [0.1, 0.15) is 0 Å². The molecule has 0 atom stereocenters. The Morgan fingerprint density at radius 2 is 1.52 bits per heavy atom. The SMILES string of the molecule is Cc1ccc(CCCNC(=O)c2ccc(CN3CCC(Cc4ccccc4)CC3)cc2)cc1. The number of aryl methyl sites for hydroxylation is 2. The Morgan fingerprint density at radius 1 is 0.848 bits per heavy atom. The zero-order valence-electron chi connectivity index (χ0n) is 19.8. The molecule has 0 unspecified atom stereocenters. The normalized spacial score (nSPS) is 14.8. The van der Waals surface area contributed by atoms with E-state index in [4.69, 9.17) is 0 Å². The zero-order valence-corrected chi connectivity index (χ0v) is 19.8. The lowest BCUT2D eigenvalue weighted by atomic mass is 9.90. The van der Waals surface area contributed by atoms with Crippen LogP contribution in [0.25, 0.3) is 0 Å². The average molecular weight is 441 g/mol. The Morgan fingerprint density at radius 3 is 2.21 bits per heavy atom. The molecule has 3 nitrogen and oxygen atoms in total. The maximum absolute atomic E-state index is 12.5. The minimum atomic E-state index is 0.0205. The molecular weight excluding hydrogens is 404 g/mol. The maximum atomic E-state index is 12.5. The second-order valence-corrected chi connectivity index (χ2v) is 9.45. The van der Waals surface area contributed by atoms with Gasteiger partial charge in [-0.1, -0.05) is 72.3 Å². The van der Waals surface area contributed by atoms with E-state index in [1.807, 2.05) is 12.1 Å². The van der Waals surface area contributed by atoms with E-state index >= 15 is 0 Å². The lowest BCUT2D eigenvalue weighted by molar-refractivity contribution is 0.0953.